The van der Waals surface area contributed by atoms with Crippen molar-refractivity contribution < 1.29 is 140 Å². The largest absolute Gasteiger partial charge is 2.00 e. The van der Waals surface area contributed by atoms with E-state index in [-0.39, 0.29) is 394 Å². The smallest absolute Gasteiger partial charge is 1.00 e. The summed E-state index contributed by atoms with van der Waals surface area (Å²) >= 11 is 9.53. The third kappa shape index (κ3) is 46.7. The molecule has 0 aromatic carbocycles. The number of alkyl halides is 2. The van der Waals surface area contributed by atoms with Gasteiger partial charge >= 0.3 is 335 Å². The average Bonchev–Trinajstić information content (AvgIpc) is 1.63. The Balaban J connectivity index is -0.000000106. The second-order valence-corrected chi connectivity index (χ2v) is 37.9. The summed E-state index contributed by atoms with van der Waals surface area (Å²) in [6, 6.07) is 0. The second kappa shape index (κ2) is 61.1. The van der Waals surface area contributed by atoms with Crippen LogP contribution in [-0.4, -0.2) is 469 Å². The van der Waals surface area contributed by atoms with E-state index in [1.807, 2.05) is 13.8 Å². The van der Waals surface area contributed by atoms with Crippen LogP contribution in [0.1, 0.15) is 144 Å². The molecule has 6 heterocycles. The van der Waals surface area contributed by atoms with Crippen LogP contribution in [0.3, 0.4) is 0 Å². The Morgan fingerprint density at radius 2 is 0.854 bits per heavy atom. The molecule has 6 aliphatic rings. The molecule has 96 heavy (non-hydrogen) atoms. The molecule has 0 saturated carbocycles. The van der Waals surface area contributed by atoms with Gasteiger partial charge in [-0.1, -0.05) is 62.8 Å². The molecule has 0 aromatic heterocycles. The molecule has 0 spiro atoms. The van der Waals surface area contributed by atoms with Gasteiger partial charge < -0.3 is 75.4 Å². The second-order valence-electron chi connectivity index (χ2n) is 23.4. The van der Waals surface area contributed by atoms with Gasteiger partial charge in [-0.15, -0.1) is 70.8 Å². The summed E-state index contributed by atoms with van der Waals surface area (Å²) in [5, 5.41) is 27.0. The standard InChI is InChI=1S/C20H37O9PSi.C17H32O6PSi.C13H21O10P.C3H6O3.CH2Cl2.CH4.6Ba.6H/c1-8-16-17(9-11-23-16)28-30(22,27-14-25-15(2)21)26-13-19-18(10-12-24-19)29-31(6,7)20(3,4)5;1-7-13-14(8-10-19-13)22-24(18)21-12-16-15(9-11-20-16)23-25(5,6)17(2,3)4;1-9(15)20-8-22-24(17,21-7-13-10(16)2-4-19-13)23-11-3-5-18-12(11)6-14;1-3(5)6-2-4;2-1-3;;;;;;;;;;;;;/h11-12,16-19H,8-10,13-14H2,1-7H3;10-11,13-16H,7-9,12H2,1-6H3;4-5,10-14,16H,2-3,6-8H2,1H3;4H,2H2,1H3;1H2;1H4;;;;;;;;;;;;/q-2;-1;-2;;;;6*+2;6*-1/t16-,17?,18?,19-,30-;13-,14?,15?,16-;10?,11?,12-,13-,24-;;;;;;;;;;;;;;;/m111.............../s1. The van der Waals surface area contributed by atoms with E-state index >= 15 is 0 Å². The van der Waals surface area contributed by atoms with Crippen LogP contribution in [-0.2, 0) is 116 Å². The number of hydrogen-bond acceptors (Lipinski definition) is 28. The van der Waals surface area contributed by atoms with Crippen molar-refractivity contribution >= 4 is 375 Å². The van der Waals surface area contributed by atoms with Gasteiger partial charge in [0, 0.05) is 43.6 Å². The zero-order chi connectivity index (χ0) is 67.2. The molecule has 6 rings (SSSR count). The predicted molar refractivity (Wildman–Crippen MR) is 375 cm³/mol. The number of aliphatic hydroxyl groups excluding tert-OH is 3. The van der Waals surface area contributed by atoms with Gasteiger partial charge in [-0.3, -0.25) is 32.5 Å². The molecule has 0 bridgehead atoms. The van der Waals surface area contributed by atoms with Crippen LogP contribution in [0.15, 0.2) is 0 Å². The van der Waals surface area contributed by atoms with Gasteiger partial charge in [-0.25, -0.2) is 57.8 Å². The van der Waals surface area contributed by atoms with E-state index in [1.54, 1.807) is 26.4 Å². The number of aliphatic hydroxyl groups is 3. The van der Waals surface area contributed by atoms with E-state index in [1.165, 1.54) is 27.1 Å². The molecule has 6 saturated heterocycles. The first kappa shape index (κ1) is 116. The Morgan fingerprint density at radius 3 is 1.20 bits per heavy atom. The molecule has 41 heteroatoms. The van der Waals surface area contributed by atoms with Crippen LogP contribution in [0, 0.1) is 39.6 Å². The van der Waals surface area contributed by atoms with E-state index < -0.39 is 115 Å². The van der Waals surface area contributed by atoms with Gasteiger partial charge in [0.2, 0.25) is 13.6 Å². The fraction of sp³-hybridized carbons (Fsp3) is 0.836. The summed E-state index contributed by atoms with van der Waals surface area (Å²) in [7, 11) is -14.3. The molecule has 28 nitrogen and oxygen atoms in total. The van der Waals surface area contributed by atoms with Gasteiger partial charge in [0.05, 0.1) is 74.0 Å². The van der Waals surface area contributed by atoms with Crippen molar-refractivity contribution in [3.8, 4) is 0 Å². The fourth-order valence-electron chi connectivity index (χ4n) is 7.67. The Kier molecular flexibility index (Phi) is 73.6. The van der Waals surface area contributed by atoms with E-state index in [4.69, 9.17) is 107 Å². The van der Waals surface area contributed by atoms with Crippen molar-refractivity contribution in [3.05, 3.63) is 39.6 Å². The van der Waals surface area contributed by atoms with Crippen LogP contribution in [0.2, 0.25) is 36.3 Å². The van der Waals surface area contributed by atoms with Crippen LogP contribution in [0.4, 0.5) is 0 Å². The molecule has 0 radical (unpaired) electrons. The Labute approximate surface area is 834 Å². The van der Waals surface area contributed by atoms with E-state index in [2.05, 4.69) is 77.2 Å². The number of halogens is 2. The summed E-state index contributed by atoms with van der Waals surface area (Å²) in [6.07, 6.45) is -0.405. The summed E-state index contributed by atoms with van der Waals surface area (Å²) in [5.74, 6) is -1.65. The minimum absolute atomic E-state index is 0. The van der Waals surface area contributed by atoms with Gasteiger partial charge in [0.15, 0.2) is 23.4 Å². The number of phosphoric ester groups is 2. The number of carbonyl (C=O) groups is 3. The molecule has 3 N–H and O–H groups in total. The van der Waals surface area contributed by atoms with Gasteiger partial charge in [-0.05, 0) is 49.1 Å². The topological polar surface area (TPSA) is 338 Å². The summed E-state index contributed by atoms with van der Waals surface area (Å²) in [5.41, 5.74) is 0. The molecule has 15 atom stereocenters. The molecule has 6 fully saturated rings. The number of hydrogen-bond donors (Lipinski definition) is 3. The first-order valence-corrected chi connectivity index (χ1v) is 40.0. The normalized spacial score (nSPS) is 26.4. The Bertz CT molecular complexity index is 2220. The Hall–Kier alpha value is 8.65. The number of ether oxygens (including phenoxy) is 9. The molecule has 0 aliphatic carbocycles. The first-order chi connectivity index (χ1) is 41.6. The van der Waals surface area contributed by atoms with Crippen LogP contribution in [0.25, 0.3) is 0 Å². The maximum atomic E-state index is 13.3. The number of phosphoric acid groups is 2. The SMILES string of the molecule is C.CC(=O)OCO.CC(=O)OCO[P@@](=O)(OC[C@H]1O[CH-]CC1O)OC1C[CH-]O[C@@H]1CO.CC[C@H]1O[CH-]CC1O[P+](=O)OC[C@H]1O[CH-]CC1O[Si](C)(C)C(C)(C)C.CC[C@H]1O[CH-]CC1O[P@@](=O)(OCOC(C)=O)OC[C@H]1O[CH-]CC1O[Si](C)(C)C(C)(C)C.ClCCl.[Ba+2].[Ba+2].[Ba+2].[Ba+2].[Ba+2].[Ba+2].[H-].[H-].[H-].[H-].[H-].[H-]. The average molecular weight is 2260 g/mol. The molecule has 7 unspecified atom stereocenters. The van der Waals surface area contributed by atoms with Gasteiger partial charge in [-0.2, -0.15) is 0 Å². The third-order valence-electron chi connectivity index (χ3n) is 14.7. The van der Waals surface area contributed by atoms with Crippen molar-refractivity contribution in [1.82, 2.24) is 0 Å². The third-order valence-corrected chi connectivity index (χ3v) is 27.3. The zero-order valence-electron chi connectivity index (χ0n) is 64.1. The number of rotatable bonds is 29. The first-order valence-electron chi connectivity index (χ1n) is 29.1. The van der Waals surface area contributed by atoms with Crippen LogP contribution < -0.4 is 0 Å². The molecule has 544 valence electrons. The van der Waals surface area contributed by atoms with Crippen molar-refractivity contribution in [2.75, 3.05) is 52.1 Å². The summed E-state index contributed by atoms with van der Waals surface area (Å²) < 4.78 is 140. The summed E-state index contributed by atoms with van der Waals surface area (Å²) in [6.45, 7) is 36.9. The molecule has 0 amide bonds. The van der Waals surface area contributed by atoms with E-state index in [0.717, 1.165) is 19.8 Å². The number of carbonyl (C=O) groups excluding carboxylic acids is 3. The minimum Gasteiger partial charge on any atom is -1.00 e. The van der Waals surface area contributed by atoms with E-state index in [9.17, 15) is 38.3 Å². The van der Waals surface area contributed by atoms with E-state index in [0.29, 0.717) is 32.1 Å². The molecule has 0 aromatic rings. The minimum atomic E-state index is -4.15. The van der Waals surface area contributed by atoms with Crippen molar-refractivity contribution in [2.24, 2.45) is 0 Å². The molecular formula is C55H108Ba6Cl2O28P3Si2+. The molecular weight excluding hydrogens is 2150 g/mol. The predicted octanol–water partition coefficient (Wildman–Crippen LogP) is 9.72. The Morgan fingerprint density at radius 1 is 0.531 bits per heavy atom. The number of esters is 3. The van der Waals surface area contributed by atoms with Crippen molar-refractivity contribution in [2.45, 2.75) is 244 Å². The van der Waals surface area contributed by atoms with Gasteiger partial charge in [0.25, 0.3) is 0 Å². The summed E-state index contributed by atoms with van der Waals surface area (Å²) in [4.78, 5) is 31.5. The van der Waals surface area contributed by atoms with Crippen LogP contribution in [0.5, 0.6) is 0 Å². The maximum absolute atomic E-state index is 13.3. The fourth-order valence-corrected chi connectivity index (χ4v) is 13.7. The zero-order valence-corrected chi connectivity index (χ0v) is 90.9. The van der Waals surface area contributed by atoms with Gasteiger partial charge in [0.1, 0.15) is 12.7 Å². The molecule has 6 aliphatic heterocycles. The van der Waals surface area contributed by atoms with Crippen LogP contribution >= 0.6 is 47.1 Å². The quantitative estimate of drug-likeness (QED) is 0.0119. The maximum Gasteiger partial charge on any atom is 2.00 e. The van der Waals surface area contributed by atoms with Crippen molar-refractivity contribution in [3.63, 3.8) is 0 Å². The van der Waals surface area contributed by atoms with Crippen molar-refractivity contribution in [1.29, 1.82) is 0 Å². The monoisotopic (exact) mass is 2260 g/mol.